The minimum atomic E-state index is 0.575. The molecule has 0 atom stereocenters. The third-order valence-corrected chi connectivity index (χ3v) is 0.811. The van der Waals surface area contributed by atoms with Gasteiger partial charge in [-0.1, -0.05) is 26.0 Å². The zero-order chi connectivity index (χ0) is 6.41. The SMILES string of the molecule is [CH2]C=CCNC(C)C. The molecule has 1 radical (unpaired) electrons. The maximum absolute atomic E-state index is 3.56. The van der Waals surface area contributed by atoms with Crippen molar-refractivity contribution in [1.29, 1.82) is 0 Å². The van der Waals surface area contributed by atoms with Crippen LogP contribution >= 0.6 is 0 Å². The first kappa shape index (κ1) is 7.70. The van der Waals surface area contributed by atoms with Crippen LogP contribution in [0.15, 0.2) is 12.2 Å². The van der Waals surface area contributed by atoms with Gasteiger partial charge < -0.3 is 5.32 Å². The van der Waals surface area contributed by atoms with Crippen molar-refractivity contribution >= 4 is 0 Å². The Labute approximate surface area is 51.8 Å². The molecule has 0 fully saturated rings. The minimum Gasteiger partial charge on any atom is -0.311 e. The van der Waals surface area contributed by atoms with Gasteiger partial charge in [-0.25, -0.2) is 0 Å². The predicted octanol–water partition coefficient (Wildman–Crippen LogP) is 1.37. The van der Waals surface area contributed by atoms with Crippen LogP contribution in [-0.2, 0) is 0 Å². The lowest BCUT2D eigenvalue weighted by atomic mass is 10.4. The van der Waals surface area contributed by atoms with Gasteiger partial charge in [0.15, 0.2) is 0 Å². The molecule has 0 saturated carbocycles. The average molecular weight is 112 g/mol. The molecular weight excluding hydrogens is 98.1 g/mol. The molecule has 8 heavy (non-hydrogen) atoms. The number of rotatable bonds is 3. The molecule has 1 N–H and O–H groups in total. The van der Waals surface area contributed by atoms with Crippen LogP contribution in [-0.4, -0.2) is 12.6 Å². The highest BCUT2D eigenvalue weighted by molar-refractivity contribution is 4.85. The summed E-state index contributed by atoms with van der Waals surface area (Å²) < 4.78 is 0. The summed E-state index contributed by atoms with van der Waals surface area (Å²) >= 11 is 0. The Hall–Kier alpha value is -0.300. The molecule has 0 saturated heterocycles. The second kappa shape index (κ2) is 4.85. The van der Waals surface area contributed by atoms with Crippen molar-refractivity contribution in [3.8, 4) is 0 Å². The van der Waals surface area contributed by atoms with E-state index in [-0.39, 0.29) is 0 Å². The summed E-state index contributed by atoms with van der Waals surface area (Å²) in [6, 6.07) is 0.575. The van der Waals surface area contributed by atoms with Crippen LogP contribution in [0.2, 0.25) is 0 Å². The van der Waals surface area contributed by atoms with Crippen molar-refractivity contribution in [1.82, 2.24) is 5.32 Å². The van der Waals surface area contributed by atoms with E-state index in [2.05, 4.69) is 26.1 Å². The van der Waals surface area contributed by atoms with Gasteiger partial charge in [-0.05, 0) is 6.92 Å². The molecule has 0 bridgehead atoms. The fraction of sp³-hybridized carbons (Fsp3) is 0.571. The van der Waals surface area contributed by atoms with Crippen LogP contribution in [0.3, 0.4) is 0 Å². The van der Waals surface area contributed by atoms with Gasteiger partial charge in [0, 0.05) is 12.6 Å². The molecular formula is C7H14N. The molecule has 0 aromatic rings. The van der Waals surface area contributed by atoms with E-state index in [1.807, 2.05) is 6.08 Å². The van der Waals surface area contributed by atoms with Crippen LogP contribution in [0.4, 0.5) is 0 Å². The Morgan fingerprint density at radius 3 is 2.62 bits per heavy atom. The summed E-state index contributed by atoms with van der Waals surface area (Å²) in [5.74, 6) is 0. The standard InChI is InChI=1S/C7H14N/c1-4-5-6-8-7(2)3/h4-5,7-8H,1,6H2,2-3H3. The Morgan fingerprint density at radius 2 is 2.25 bits per heavy atom. The number of hydrogen-bond acceptors (Lipinski definition) is 1. The van der Waals surface area contributed by atoms with E-state index in [1.54, 1.807) is 6.08 Å². The average Bonchev–Trinajstić information content (AvgIpc) is 1.66. The molecule has 0 unspecified atom stereocenters. The molecule has 0 heterocycles. The highest BCUT2D eigenvalue weighted by atomic mass is 14.9. The van der Waals surface area contributed by atoms with Crippen molar-refractivity contribution < 1.29 is 0 Å². The molecule has 1 heteroatoms. The first-order valence-electron chi connectivity index (χ1n) is 2.95. The van der Waals surface area contributed by atoms with Gasteiger partial charge in [0.05, 0.1) is 0 Å². The van der Waals surface area contributed by atoms with Crippen molar-refractivity contribution in [2.45, 2.75) is 19.9 Å². The summed E-state index contributed by atoms with van der Waals surface area (Å²) in [6.45, 7) is 8.74. The van der Waals surface area contributed by atoms with E-state index in [4.69, 9.17) is 0 Å². The largest absolute Gasteiger partial charge is 0.311 e. The maximum atomic E-state index is 3.56. The summed E-state index contributed by atoms with van der Waals surface area (Å²) in [4.78, 5) is 0. The van der Waals surface area contributed by atoms with Crippen molar-refractivity contribution in [3.63, 3.8) is 0 Å². The van der Waals surface area contributed by atoms with Crippen LogP contribution < -0.4 is 5.32 Å². The van der Waals surface area contributed by atoms with Gasteiger partial charge in [0.2, 0.25) is 0 Å². The van der Waals surface area contributed by atoms with Crippen LogP contribution in [0.25, 0.3) is 0 Å². The zero-order valence-electron chi connectivity index (χ0n) is 5.65. The molecule has 0 aliphatic rings. The van der Waals surface area contributed by atoms with Gasteiger partial charge in [0.1, 0.15) is 0 Å². The third kappa shape index (κ3) is 5.70. The molecule has 47 valence electrons. The van der Waals surface area contributed by atoms with E-state index in [0.717, 1.165) is 6.54 Å². The van der Waals surface area contributed by atoms with Gasteiger partial charge in [0.25, 0.3) is 0 Å². The molecule has 0 aromatic heterocycles. The molecule has 0 aromatic carbocycles. The van der Waals surface area contributed by atoms with Crippen LogP contribution in [0.5, 0.6) is 0 Å². The molecule has 0 aliphatic heterocycles. The van der Waals surface area contributed by atoms with E-state index in [0.29, 0.717) is 6.04 Å². The highest BCUT2D eigenvalue weighted by Gasteiger charge is 1.84. The molecule has 0 amide bonds. The predicted molar refractivity (Wildman–Crippen MR) is 37.6 cm³/mol. The lowest BCUT2D eigenvalue weighted by molar-refractivity contribution is 0.632. The minimum absolute atomic E-state index is 0.575. The Kier molecular flexibility index (Phi) is 4.67. The summed E-state index contributed by atoms with van der Waals surface area (Å²) in [6.07, 6.45) is 3.80. The van der Waals surface area contributed by atoms with Crippen molar-refractivity contribution in [2.24, 2.45) is 0 Å². The number of nitrogens with one attached hydrogen (secondary N) is 1. The third-order valence-electron chi connectivity index (χ3n) is 0.811. The second-order valence-electron chi connectivity index (χ2n) is 2.03. The topological polar surface area (TPSA) is 12.0 Å². The highest BCUT2D eigenvalue weighted by Crippen LogP contribution is 1.74. The maximum Gasteiger partial charge on any atom is 0.0137 e. The summed E-state index contributed by atoms with van der Waals surface area (Å²) in [5, 5.41) is 3.22. The quantitative estimate of drug-likeness (QED) is 0.581. The van der Waals surface area contributed by atoms with E-state index >= 15 is 0 Å². The van der Waals surface area contributed by atoms with Crippen molar-refractivity contribution in [2.75, 3.05) is 6.54 Å². The summed E-state index contributed by atoms with van der Waals surface area (Å²) in [5.41, 5.74) is 0. The smallest absolute Gasteiger partial charge is 0.0137 e. The molecule has 0 rings (SSSR count). The van der Waals surface area contributed by atoms with E-state index in [1.165, 1.54) is 0 Å². The van der Waals surface area contributed by atoms with E-state index in [9.17, 15) is 0 Å². The first-order chi connectivity index (χ1) is 3.77. The summed E-state index contributed by atoms with van der Waals surface area (Å²) in [7, 11) is 0. The Morgan fingerprint density at radius 1 is 1.62 bits per heavy atom. The Balaban J connectivity index is 2.93. The number of hydrogen-bond donors (Lipinski definition) is 1. The normalized spacial score (nSPS) is 11.5. The van der Waals surface area contributed by atoms with Gasteiger partial charge in [-0.15, -0.1) is 0 Å². The van der Waals surface area contributed by atoms with E-state index < -0.39 is 0 Å². The van der Waals surface area contributed by atoms with Gasteiger partial charge in [-0.2, -0.15) is 0 Å². The van der Waals surface area contributed by atoms with Gasteiger partial charge >= 0.3 is 0 Å². The monoisotopic (exact) mass is 112 g/mol. The van der Waals surface area contributed by atoms with Crippen molar-refractivity contribution in [3.05, 3.63) is 19.1 Å². The fourth-order valence-electron chi connectivity index (χ4n) is 0.387. The van der Waals surface area contributed by atoms with Gasteiger partial charge in [-0.3, -0.25) is 0 Å². The second-order valence-corrected chi connectivity index (χ2v) is 2.03. The zero-order valence-corrected chi connectivity index (χ0v) is 5.65. The molecule has 1 nitrogen and oxygen atoms in total. The molecule has 0 spiro atoms. The lowest BCUT2D eigenvalue weighted by Crippen LogP contribution is -2.22. The fourth-order valence-corrected chi connectivity index (χ4v) is 0.387. The molecule has 0 aliphatic carbocycles. The lowest BCUT2D eigenvalue weighted by Gasteiger charge is -2.02. The first-order valence-corrected chi connectivity index (χ1v) is 2.95. The number of allylic oxidation sites excluding steroid dienone is 1. The van der Waals surface area contributed by atoms with Crippen LogP contribution in [0, 0.1) is 6.92 Å². The Bertz CT molecular complexity index is 64.8. The van der Waals surface area contributed by atoms with Crippen LogP contribution in [0.1, 0.15) is 13.8 Å².